The summed E-state index contributed by atoms with van der Waals surface area (Å²) in [6.07, 6.45) is 8.82. The Balaban J connectivity index is 1.32. The van der Waals surface area contributed by atoms with Gasteiger partial charge in [0.05, 0.1) is 6.04 Å². The second-order valence-corrected chi connectivity index (χ2v) is 8.79. The lowest BCUT2D eigenvalue weighted by Gasteiger charge is -2.57. The number of hydrogen-bond donors (Lipinski definition) is 2. The summed E-state index contributed by atoms with van der Waals surface area (Å²) in [6, 6.07) is 10.8. The van der Waals surface area contributed by atoms with Gasteiger partial charge in [0.25, 0.3) is 0 Å². The number of nitrogens with one attached hydrogen (secondary N) is 2. The third-order valence-electron chi connectivity index (χ3n) is 6.44. The van der Waals surface area contributed by atoms with Gasteiger partial charge in [-0.15, -0.1) is 0 Å². The van der Waals surface area contributed by atoms with E-state index in [0.717, 1.165) is 29.4 Å². The van der Waals surface area contributed by atoms with E-state index in [1.165, 1.54) is 44.1 Å². The zero-order chi connectivity index (χ0) is 15.9. The standard InChI is InChI=1S/C20H28N2S/c1-14(18-5-3-2-4-6-18)22-19(23)21-13-20-10-15-7-16(11-20)9-17(8-15)12-20/h2-6,14-17H,7-13H2,1H3,(H2,21,22,23). The van der Waals surface area contributed by atoms with Crippen molar-refractivity contribution in [3.8, 4) is 0 Å². The van der Waals surface area contributed by atoms with Crippen molar-refractivity contribution in [2.75, 3.05) is 6.54 Å². The Kier molecular flexibility index (Phi) is 4.08. The van der Waals surface area contributed by atoms with Gasteiger partial charge in [0.1, 0.15) is 0 Å². The summed E-state index contributed by atoms with van der Waals surface area (Å²) < 4.78 is 0. The maximum absolute atomic E-state index is 5.56. The van der Waals surface area contributed by atoms with Gasteiger partial charge in [-0.2, -0.15) is 0 Å². The Hall–Kier alpha value is -1.09. The number of thiocarbonyl (C=S) groups is 1. The molecule has 3 heteroatoms. The van der Waals surface area contributed by atoms with Crippen LogP contribution in [-0.4, -0.2) is 11.7 Å². The molecule has 0 saturated heterocycles. The third-order valence-corrected chi connectivity index (χ3v) is 6.70. The van der Waals surface area contributed by atoms with Gasteiger partial charge in [-0.3, -0.25) is 0 Å². The SMILES string of the molecule is CC(NC(=S)NCC12CC3CC(CC(C3)C1)C2)c1ccccc1. The molecule has 1 aromatic carbocycles. The molecule has 124 valence electrons. The summed E-state index contributed by atoms with van der Waals surface area (Å²) in [5, 5.41) is 7.83. The van der Waals surface area contributed by atoms with E-state index in [0.29, 0.717) is 5.41 Å². The Morgan fingerprint density at radius 3 is 2.22 bits per heavy atom. The second-order valence-electron chi connectivity index (χ2n) is 8.38. The molecule has 5 rings (SSSR count). The molecule has 4 bridgehead atoms. The minimum Gasteiger partial charge on any atom is -0.362 e. The van der Waals surface area contributed by atoms with Crippen molar-refractivity contribution < 1.29 is 0 Å². The van der Waals surface area contributed by atoms with Crippen LogP contribution in [0.4, 0.5) is 0 Å². The molecule has 0 amide bonds. The molecule has 0 aliphatic heterocycles. The normalized spacial score (nSPS) is 35.8. The van der Waals surface area contributed by atoms with Gasteiger partial charge in [-0.05, 0) is 86.4 Å². The maximum Gasteiger partial charge on any atom is 0.166 e. The summed E-state index contributed by atoms with van der Waals surface area (Å²) in [7, 11) is 0. The molecule has 23 heavy (non-hydrogen) atoms. The Bertz CT molecular complexity index is 533. The van der Waals surface area contributed by atoms with Crippen molar-refractivity contribution in [2.45, 2.75) is 51.5 Å². The molecule has 0 heterocycles. The van der Waals surface area contributed by atoms with Gasteiger partial charge in [0.15, 0.2) is 5.11 Å². The van der Waals surface area contributed by atoms with Crippen LogP contribution in [0.25, 0.3) is 0 Å². The van der Waals surface area contributed by atoms with E-state index in [9.17, 15) is 0 Å². The minimum atomic E-state index is 0.257. The van der Waals surface area contributed by atoms with Crippen LogP contribution in [0.15, 0.2) is 30.3 Å². The first kappa shape index (κ1) is 15.4. The minimum absolute atomic E-state index is 0.257. The Labute approximate surface area is 145 Å². The van der Waals surface area contributed by atoms with Crippen LogP contribution in [0.2, 0.25) is 0 Å². The predicted octanol–water partition coefficient (Wildman–Crippen LogP) is 4.43. The first-order chi connectivity index (χ1) is 11.1. The van der Waals surface area contributed by atoms with Crippen molar-refractivity contribution in [2.24, 2.45) is 23.2 Å². The van der Waals surface area contributed by atoms with Gasteiger partial charge >= 0.3 is 0 Å². The fourth-order valence-electron chi connectivity index (χ4n) is 5.85. The molecular weight excluding hydrogens is 300 g/mol. The van der Waals surface area contributed by atoms with Crippen LogP contribution in [0.5, 0.6) is 0 Å². The third kappa shape index (κ3) is 3.26. The number of rotatable bonds is 4. The van der Waals surface area contributed by atoms with Gasteiger partial charge in [0, 0.05) is 6.54 Å². The highest BCUT2D eigenvalue weighted by Crippen LogP contribution is 2.59. The zero-order valence-corrected chi connectivity index (χ0v) is 14.9. The lowest BCUT2D eigenvalue weighted by atomic mass is 9.49. The average molecular weight is 329 g/mol. The van der Waals surface area contributed by atoms with Gasteiger partial charge < -0.3 is 10.6 Å². The average Bonchev–Trinajstić information content (AvgIpc) is 2.53. The summed E-state index contributed by atoms with van der Waals surface area (Å²) in [5.74, 6) is 3.02. The highest BCUT2D eigenvalue weighted by molar-refractivity contribution is 7.80. The molecule has 4 saturated carbocycles. The summed E-state index contributed by atoms with van der Waals surface area (Å²) in [4.78, 5) is 0. The highest BCUT2D eigenvalue weighted by atomic mass is 32.1. The lowest BCUT2D eigenvalue weighted by Crippen LogP contribution is -2.52. The predicted molar refractivity (Wildman–Crippen MR) is 99.2 cm³/mol. The largest absolute Gasteiger partial charge is 0.362 e. The molecule has 2 N–H and O–H groups in total. The van der Waals surface area contributed by atoms with E-state index in [1.54, 1.807) is 0 Å². The Morgan fingerprint density at radius 1 is 1.09 bits per heavy atom. The van der Waals surface area contributed by atoms with Gasteiger partial charge in [-0.25, -0.2) is 0 Å². The molecule has 1 aromatic rings. The van der Waals surface area contributed by atoms with Crippen LogP contribution in [0.1, 0.15) is 57.1 Å². The smallest absolute Gasteiger partial charge is 0.166 e. The van der Waals surface area contributed by atoms with Crippen molar-refractivity contribution in [1.29, 1.82) is 0 Å². The molecule has 2 nitrogen and oxygen atoms in total. The number of benzene rings is 1. The second kappa shape index (κ2) is 6.08. The van der Waals surface area contributed by atoms with E-state index in [4.69, 9.17) is 12.2 Å². The fraction of sp³-hybridized carbons (Fsp3) is 0.650. The number of hydrogen-bond acceptors (Lipinski definition) is 1. The van der Waals surface area contributed by atoms with E-state index in [1.807, 2.05) is 0 Å². The lowest BCUT2D eigenvalue weighted by molar-refractivity contribution is -0.0491. The topological polar surface area (TPSA) is 24.1 Å². The highest BCUT2D eigenvalue weighted by Gasteiger charge is 2.50. The molecule has 4 aliphatic carbocycles. The van der Waals surface area contributed by atoms with Crippen LogP contribution >= 0.6 is 12.2 Å². The van der Waals surface area contributed by atoms with E-state index >= 15 is 0 Å². The molecule has 1 unspecified atom stereocenters. The van der Waals surface area contributed by atoms with Crippen molar-refractivity contribution >= 4 is 17.3 Å². The molecule has 4 aliphatic rings. The molecule has 1 atom stereocenters. The molecule has 4 fully saturated rings. The Morgan fingerprint density at radius 2 is 1.65 bits per heavy atom. The summed E-state index contributed by atoms with van der Waals surface area (Å²) in [6.45, 7) is 3.25. The molecular formula is C20H28N2S. The van der Waals surface area contributed by atoms with E-state index < -0.39 is 0 Å². The van der Waals surface area contributed by atoms with Gasteiger partial charge in [0.2, 0.25) is 0 Å². The monoisotopic (exact) mass is 328 g/mol. The van der Waals surface area contributed by atoms with Crippen molar-refractivity contribution in [3.05, 3.63) is 35.9 Å². The maximum atomic E-state index is 5.56. The summed E-state index contributed by atoms with van der Waals surface area (Å²) in [5.41, 5.74) is 1.82. The van der Waals surface area contributed by atoms with Crippen molar-refractivity contribution in [1.82, 2.24) is 10.6 Å². The molecule has 0 radical (unpaired) electrons. The first-order valence-electron chi connectivity index (χ1n) is 9.21. The van der Waals surface area contributed by atoms with E-state index in [2.05, 4.69) is 47.9 Å². The molecule has 0 spiro atoms. The van der Waals surface area contributed by atoms with E-state index in [-0.39, 0.29) is 6.04 Å². The zero-order valence-electron chi connectivity index (χ0n) is 14.1. The van der Waals surface area contributed by atoms with Crippen molar-refractivity contribution in [3.63, 3.8) is 0 Å². The van der Waals surface area contributed by atoms with Crippen LogP contribution in [0, 0.1) is 23.2 Å². The van der Waals surface area contributed by atoms with Crippen LogP contribution < -0.4 is 10.6 Å². The van der Waals surface area contributed by atoms with Crippen LogP contribution in [-0.2, 0) is 0 Å². The van der Waals surface area contributed by atoms with Gasteiger partial charge in [-0.1, -0.05) is 30.3 Å². The quantitative estimate of drug-likeness (QED) is 0.800. The molecule has 0 aromatic heterocycles. The first-order valence-corrected chi connectivity index (χ1v) is 9.62. The fourth-order valence-corrected chi connectivity index (χ4v) is 6.10. The summed E-state index contributed by atoms with van der Waals surface area (Å²) >= 11 is 5.56. The van der Waals surface area contributed by atoms with Crippen LogP contribution in [0.3, 0.4) is 0 Å².